The number of imidazole rings is 1. The highest BCUT2D eigenvalue weighted by Gasteiger charge is 2.17. The van der Waals surface area contributed by atoms with Crippen molar-refractivity contribution in [2.75, 3.05) is 13.2 Å². The number of hydrogen-bond acceptors (Lipinski definition) is 3. The van der Waals surface area contributed by atoms with E-state index in [1.807, 2.05) is 16.7 Å². The highest BCUT2D eigenvalue weighted by atomic mass is 16.5. The molecule has 1 unspecified atom stereocenters. The molecule has 0 aromatic carbocycles. The Balaban J connectivity index is 1.87. The third-order valence-corrected chi connectivity index (χ3v) is 3.31. The predicted molar refractivity (Wildman–Crippen MR) is 66.3 cm³/mol. The van der Waals surface area contributed by atoms with Crippen LogP contribution in [-0.4, -0.2) is 28.5 Å². The summed E-state index contributed by atoms with van der Waals surface area (Å²) < 4.78 is 7.21. The fourth-order valence-electron chi connectivity index (χ4n) is 2.33. The lowest BCUT2D eigenvalue weighted by Gasteiger charge is -2.02. The number of primary amides is 1. The van der Waals surface area contributed by atoms with Crippen molar-refractivity contribution in [1.82, 2.24) is 9.38 Å². The Kier molecular flexibility index (Phi) is 2.76. The SMILES string of the molecule is NC(=O)c1ccc2nc(CC3CCOC3)cn2c1. The van der Waals surface area contributed by atoms with Gasteiger partial charge in [-0.05, 0) is 30.9 Å². The monoisotopic (exact) mass is 245 g/mol. The molecule has 5 nitrogen and oxygen atoms in total. The van der Waals surface area contributed by atoms with E-state index in [-0.39, 0.29) is 0 Å². The van der Waals surface area contributed by atoms with Crippen LogP contribution in [-0.2, 0) is 11.2 Å². The Hall–Kier alpha value is -1.88. The smallest absolute Gasteiger partial charge is 0.250 e. The summed E-state index contributed by atoms with van der Waals surface area (Å²) in [5, 5.41) is 0. The van der Waals surface area contributed by atoms with E-state index in [0.717, 1.165) is 37.4 Å². The van der Waals surface area contributed by atoms with Gasteiger partial charge < -0.3 is 14.9 Å². The van der Waals surface area contributed by atoms with Crippen molar-refractivity contribution in [3.8, 4) is 0 Å². The lowest BCUT2D eigenvalue weighted by Crippen LogP contribution is -2.11. The standard InChI is InChI=1S/C13H15N3O2/c14-13(17)10-1-2-12-15-11(7-16(12)6-10)5-9-3-4-18-8-9/h1-2,6-7,9H,3-5,8H2,(H2,14,17). The van der Waals surface area contributed by atoms with Crippen LogP contribution in [0.3, 0.4) is 0 Å². The number of aromatic nitrogens is 2. The van der Waals surface area contributed by atoms with Crippen LogP contribution in [0.5, 0.6) is 0 Å². The zero-order valence-corrected chi connectivity index (χ0v) is 10.0. The van der Waals surface area contributed by atoms with Gasteiger partial charge in [0.2, 0.25) is 5.91 Å². The van der Waals surface area contributed by atoms with Gasteiger partial charge in [0.15, 0.2) is 0 Å². The maximum Gasteiger partial charge on any atom is 0.250 e. The first kappa shape index (κ1) is 11.2. The number of fused-ring (bicyclic) bond motifs is 1. The van der Waals surface area contributed by atoms with E-state index >= 15 is 0 Å². The van der Waals surface area contributed by atoms with Gasteiger partial charge in [-0.25, -0.2) is 4.98 Å². The summed E-state index contributed by atoms with van der Waals surface area (Å²) >= 11 is 0. The van der Waals surface area contributed by atoms with Crippen LogP contribution >= 0.6 is 0 Å². The average Bonchev–Trinajstić information content (AvgIpc) is 2.96. The summed E-state index contributed by atoms with van der Waals surface area (Å²) in [5.41, 5.74) is 7.63. The Morgan fingerprint density at radius 3 is 3.11 bits per heavy atom. The zero-order chi connectivity index (χ0) is 12.5. The second kappa shape index (κ2) is 4.42. The van der Waals surface area contributed by atoms with E-state index in [9.17, 15) is 4.79 Å². The van der Waals surface area contributed by atoms with Crippen molar-refractivity contribution in [2.45, 2.75) is 12.8 Å². The Morgan fingerprint density at radius 1 is 1.50 bits per heavy atom. The maximum absolute atomic E-state index is 11.1. The fourth-order valence-corrected chi connectivity index (χ4v) is 2.33. The summed E-state index contributed by atoms with van der Waals surface area (Å²) in [6.45, 7) is 1.67. The Labute approximate surface area is 105 Å². The third kappa shape index (κ3) is 2.09. The van der Waals surface area contributed by atoms with E-state index < -0.39 is 5.91 Å². The van der Waals surface area contributed by atoms with Gasteiger partial charge >= 0.3 is 0 Å². The lowest BCUT2D eigenvalue weighted by molar-refractivity contribution is 0.1000. The van der Waals surface area contributed by atoms with Gasteiger partial charge in [0, 0.05) is 25.6 Å². The average molecular weight is 245 g/mol. The molecular weight excluding hydrogens is 230 g/mol. The number of rotatable bonds is 3. The van der Waals surface area contributed by atoms with Crippen molar-refractivity contribution in [2.24, 2.45) is 11.7 Å². The van der Waals surface area contributed by atoms with E-state index in [4.69, 9.17) is 10.5 Å². The third-order valence-electron chi connectivity index (χ3n) is 3.31. The van der Waals surface area contributed by atoms with E-state index in [2.05, 4.69) is 4.98 Å². The molecule has 1 atom stereocenters. The number of nitrogens with two attached hydrogens (primary N) is 1. The molecule has 3 rings (SSSR count). The normalized spacial score (nSPS) is 19.4. The van der Waals surface area contributed by atoms with Crippen LogP contribution in [0.2, 0.25) is 0 Å². The van der Waals surface area contributed by atoms with Crippen LogP contribution in [0.15, 0.2) is 24.5 Å². The molecule has 3 heterocycles. The summed E-state index contributed by atoms with van der Waals surface area (Å²) in [5.74, 6) is 0.141. The largest absolute Gasteiger partial charge is 0.381 e. The Bertz CT molecular complexity index is 585. The van der Waals surface area contributed by atoms with Crippen molar-refractivity contribution in [3.63, 3.8) is 0 Å². The molecule has 0 saturated carbocycles. The first-order valence-corrected chi connectivity index (χ1v) is 6.07. The molecule has 1 aliphatic heterocycles. The summed E-state index contributed by atoms with van der Waals surface area (Å²) in [6, 6.07) is 3.52. The molecule has 18 heavy (non-hydrogen) atoms. The number of carbonyl (C=O) groups is 1. The second-order valence-electron chi connectivity index (χ2n) is 4.71. The van der Waals surface area contributed by atoms with E-state index in [1.165, 1.54) is 0 Å². The molecule has 2 aromatic heterocycles. The van der Waals surface area contributed by atoms with Crippen molar-refractivity contribution < 1.29 is 9.53 Å². The molecule has 94 valence electrons. The number of carbonyl (C=O) groups excluding carboxylic acids is 1. The van der Waals surface area contributed by atoms with Gasteiger partial charge in [-0.2, -0.15) is 0 Å². The van der Waals surface area contributed by atoms with Gasteiger partial charge in [0.25, 0.3) is 0 Å². The van der Waals surface area contributed by atoms with Crippen molar-refractivity contribution in [3.05, 3.63) is 35.8 Å². The second-order valence-corrected chi connectivity index (χ2v) is 4.71. The molecular formula is C13H15N3O2. The van der Waals surface area contributed by atoms with E-state index in [1.54, 1.807) is 12.3 Å². The molecule has 2 aromatic rings. The molecule has 1 amide bonds. The van der Waals surface area contributed by atoms with Crippen molar-refractivity contribution >= 4 is 11.6 Å². The molecule has 0 radical (unpaired) electrons. The van der Waals surface area contributed by atoms with Gasteiger partial charge in [0.05, 0.1) is 11.3 Å². The van der Waals surface area contributed by atoms with Crippen molar-refractivity contribution in [1.29, 1.82) is 0 Å². The summed E-state index contributed by atoms with van der Waals surface area (Å²) in [7, 11) is 0. The Morgan fingerprint density at radius 2 is 2.39 bits per heavy atom. The fraction of sp³-hybridized carbons (Fsp3) is 0.385. The van der Waals surface area contributed by atoms with E-state index in [0.29, 0.717) is 11.5 Å². The van der Waals surface area contributed by atoms with Gasteiger partial charge in [-0.15, -0.1) is 0 Å². The first-order valence-electron chi connectivity index (χ1n) is 6.07. The minimum absolute atomic E-state index is 0.420. The minimum Gasteiger partial charge on any atom is -0.381 e. The number of amides is 1. The molecule has 2 N–H and O–H groups in total. The van der Waals surface area contributed by atoms with Crippen LogP contribution < -0.4 is 5.73 Å². The van der Waals surface area contributed by atoms with Crippen LogP contribution in [0.4, 0.5) is 0 Å². The summed E-state index contributed by atoms with van der Waals surface area (Å²) in [6.07, 6.45) is 5.70. The maximum atomic E-state index is 11.1. The van der Waals surface area contributed by atoms with Gasteiger partial charge in [0.1, 0.15) is 5.65 Å². The number of hydrogen-bond donors (Lipinski definition) is 1. The number of pyridine rings is 1. The summed E-state index contributed by atoms with van der Waals surface area (Å²) in [4.78, 5) is 15.6. The molecule has 0 bridgehead atoms. The van der Waals surface area contributed by atoms with Crippen LogP contribution in [0.1, 0.15) is 22.5 Å². The highest BCUT2D eigenvalue weighted by Crippen LogP contribution is 2.18. The predicted octanol–water partition coefficient (Wildman–Crippen LogP) is 1.01. The molecule has 5 heteroatoms. The quantitative estimate of drug-likeness (QED) is 0.877. The first-order chi connectivity index (χ1) is 8.72. The minimum atomic E-state index is -0.420. The topological polar surface area (TPSA) is 69.6 Å². The van der Waals surface area contributed by atoms with Crippen LogP contribution in [0, 0.1) is 5.92 Å². The highest BCUT2D eigenvalue weighted by molar-refractivity contribution is 5.92. The number of ether oxygens (including phenoxy) is 1. The molecule has 1 saturated heterocycles. The number of nitrogens with zero attached hydrogens (tertiary/aromatic N) is 2. The zero-order valence-electron chi connectivity index (χ0n) is 10.0. The molecule has 0 spiro atoms. The van der Waals surface area contributed by atoms with Gasteiger partial charge in [-0.1, -0.05) is 0 Å². The van der Waals surface area contributed by atoms with Crippen LogP contribution in [0.25, 0.3) is 5.65 Å². The molecule has 1 fully saturated rings. The van der Waals surface area contributed by atoms with Gasteiger partial charge in [-0.3, -0.25) is 4.79 Å². The lowest BCUT2D eigenvalue weighted by atomic mass is 10.0. The molecule has 0 aliphatic carbocycles. The molecule has 1 aliphatic rings.